The van der Waals surface area contributed by atoms with Crippen LogP contribution in [0.1, 0.15) is 47.6 Å². The highest BCUT2D eigenvalue weighted by atomic mass is 35.5. The van der Waals surface area contributed by atoms with Crippen LogP contribution in [0.15, 0.2) is 36.7 Å². The number of nitrogens with zero attached hydrogens (tertiary/aromatic N) is 5. The molecule has 39 heavy (non-hydrogen) atoms. The summed E-state index contributed by atoms with van der Waals surface area (Å²) in [5, 5.41) is 3.86. The SMILES string of the molecule is CC1CCCN(c2ccc3c(C(=O)NCC(c4cnc(C(F)(F)F)nc4)N4CCOCC4)c(Cl)ccc3n2)C1. The van der Waals surface area contributed by atoms with E-state index < -0.39 is 23.9 Å². The lowest BCUT2D eigenvalue weighted by molar-refractivity contribution is -0.145. The first-order valence-corrected chi connectivity index (χ1v) is 13.4. The zero-order chi connectivity index (χ0) is 27.6. The maximum atomic E-state index is 13.5. The predicted octanol–water partition coefficient (Wildman–Crippen LogP) is 4.74. The lowest BCUT2D eigenvalue weighted by Gasteiger charge is -2.34. The zero-order valence-electron chi connectivity index (χ0n) is 21.5. The Bertz CT molecular complexity index is 1320. The molecule has 2 atom stereocenters. The maximum absolute atomic E-state index is 13.5. The van der Waals surface area contributed by atoms with Crippen molar-refractivity contribution in [2.45, 2.75) is 32.0 Å². The minimum absolute atomic E-state index is 0.122. The molecule has 1 N–H and O–H groups in total. The average Bonchev–Trinajstić information content (AvgIpc) is 2.93. The van der Waals surface area contributed by atoms with Gasteiger partial charge in [-0.2, -0.15) is 13.2 Å². The fourth-order valence-corrected chi connectivity index (χ4v) is 5.50. The molecule has 0 bridgehead atoms. The minimum Gasteiger partial charge on any atom is -0.379 e. The number of alkyl halides is 3. The number of halogens is 4. The largest absolute Gasteiger partial charge is 0.451 e. The van der Waals surface area contributed by atoms with E-state index in [2.05, 4.69) is 27.1 Å². The first-order valence-electron chi connectivity index (χ1n) is 13.0. The van der Waals surface area contributed by atoms with Crippen molar-refractivity contribution >= 4 is 34.2 Å². The second-order valence-corrected chi connectivity index (χ2v) is 10.5. The number of hydrogen-bond donors (Lipinski definition) is 1. The minimum atomic E-state index is -4.63. The topological polar surface area (TPSA) is 83.5 Å². The Hall–Kier alpha value is -3.02. The molecule has 12 heteroatoms. The summed E-state index contributed by atoms with van der Waals surface area (Å²) < 4.78 is 44.4. The van der Waals surface area contributed by atoms with Crippen molar-refractivity contribution in [3.05, 3.63) is 58.6 Å². The molecule has 208 valence electrons. The number of benzene rings is 1. The second kappa shape index (κ2) is 11.6. The van der Waals surface area contributed by atoms with E-state index in [0.29, 0.717) is 59.3 Å². The van der Waals surface area contributed by atoms with Crippen LogP contribution in [0, 0.1) is 5.92 Å². The van der Waals surface area contributed by atoms with Crippen LogP contribution in [0.5, 0.6) is 0 Å². The molecule has 0 radical (unpaired) electrons. The monoisotopic (exact) mass is 562 g/mol. The van der Waals surface area contributed by atoms with Gasteiger partial charge in [-0.05, 0) is 43.0 Å². The van der Waals surface area contributed by atoms with Gasteiger partial charge in [-0.15, -0.1) is 0 Å². The molecule has 0 aliphatic carbocycles. The molecule has 5 rings (SSSR count). The van der Waals surface area contributed by atoms with Gasteiger partial charge in [0.25, 0.3) is 5.91 Å². The maximum Gasteiger partial charge on any atom is 0.451 e. The summed E-state index contributed by atoms with van der Waals surface area (Å²) >= 11 is 6.49. The number of anilines is 1. The van der Waals surface area contributed by atoms with Crippen molar-refractivity contribution < 1.29 is 22.7 Å². The van der Waals surface area contributed by atoms with E-state index in [0.717, 1.165) is 25.3 Å². The van der Waals surface area contributed by atoms with Gasteiger partial charge in [0.05, 0.1) is 35.4 Å². The van der Waals surface area contributed by atoms with Crippen LogP contribution in [-0.4, -0.2) is 71.7 Å². The third-order valence-electron chi connectivity index (χ3n) is 7.27. The highest BCUT2D eigenvalue weighted by Crippen LogP contribution is 2.30. The number of amides is 1. The van der Waals surface area contributed by atoms with Gasteiger partial charge in [0, 0.05) is 56.1 Å². The number of hydrogen-bond acceptors (Lipinski definition) is 7. The third kappa shape index (κ3) is 6.26. The molecular weight excluding hydrogens is 533 g/mol. The number of aromatic nitrogens is 3. The van der Waals surface area contributed by atoms with Gasteiger partial charge >= 0.3 is 6.18 Å². The van der Waals surface area contributed by atoms with Crippen LogP contribution >= 0.6 is 11.6 Å². The van der Waals surface area contributed by atoms with Crippen molar-refractivity contribution in [3.63, 3.8) is 0 Å². The molecule has 4 heterocycles. The quantitative estimate of drug-likeness (QED) is 0.465. The van der Waals surface area contributed by atoms with Gasteiger partial charge < -0.3 is 15.0 Å². The molecule has 0 spiro atoms. The Labute approximate surface area is 229 Å². The standard InChI is InChI=1S/C27H30ClF3N6O2/c1-17-3-2-8-37(16-17)23-7-4-19-21(35-23)6-5-20(28)24(19)25(38)32-15-22(36-9-11-39-12-10-36)18-13-33-26(34-14-18)27(29,30)31/h4-7,13-14,17,22H,2-3,8-12,15-16H2,1H3,(H,32,38). The van der Waals surface area contributed by atoms with E-state index in [1.165, 1.54) is 18.8 Å². The molecule has 2 fully saturated rings. The van der Waals surface area contributed by atoms with Crippen LogP contribution in [0.3, 0.4) is 0 Å². The molecular formula is C27H30ClF3N6O2. The van der Waals surface area contributed by atoms with Crippen molar-refractivity contribution in [1.82, 2.24) is 25.2 Å². The summed E-state index contributed by atoms with van der Waals surface area (Å²) in [4.78, 5) is 29.6. The molecule has 2 unspecified atom stereocenters. The molecule has 2 aliphatic heterocycles. The molecule has 8 nitrogen and oxygen atoms in total. The number of piperidine rings is 1. The summed E-state index contributed by atoms with van der Waals surface area (Å²) in [6.07, 6.45) is 0.0176. The first-order chi connectivity index (χ1) is 18.7. The normalized spacial score (nSPS) is 19.7. The molecule has 2 aliphatic rings. The third-order valence-corrected chi connectivity index (χ3v) is 7.58. The van der Waals surface area contributed by atoms with Gasteiger partial charge in [-0.1, -0.05) is 18.5 Å². The van der Waals surface area contributed by atoms with E-state index >= 15 is 0 Å². The highest BCUT2D eigenvalue weighted by Gasteiger charge is 2.35. The smallest absolute Gasteiger partial charge is 0.379 e. The van der Waals surface area contributed by atoms with Gasteiger partial charge in [-0.25, -0.2) is 15.0 Å². The van der Waals surface area contributed by atoms with Crippen LogP contribution in [-0.2, 0) is 10.9 Å². The Kier molecular flexibility index (Phi) is 8.20. The van der Waals surface area contributed by atoms with Crippen LogP contribution in [0.25, 0.3) is 10.9 Å². The van der Waals surface area contributed by atoms with E-state index in [1.54, 1.807) is 12.1 Å². The van der Waals surface area contributed by atoms with E-state index in [-0.39, 0.29) is 6.54 Å². The first kappa shape index (κ1) is 27.5. The lowest BCUT2D eigenvalue weighted by Crippen LogP contribution is -2.44. The molecule has 3 aromatic rings. The molecule has 1 amide bonds. The summed E-state index contributed by atoms with van der Waals surface area (Å²) in [7, 11) is 0. The number of morpholine rings is 1. The van der Waals surface area contributed by atoms with Crippen molar-refractivity contribution in [2.24, 2.45) is 5.92 Å². The number of fused-ring (bicyclic) bond motifs is 1. The molecule has 2 saturated heterocycles. The van der Waals surface area contributed by atoms with E-state index in [9.17, 15) is 18.0 Å². The fraction of sp³-hybridized carbons (Fsp3) is 0.481. The Balaban J connectivity index is 1.38. The molecule has 0 saturated carbocycles. The van der Waals surface area contributed by atoms with E-state index in [1.807, 2.05) is 17.0 Å². The van der Waals surface area contributed by atoms with Crippen LogP contribution in [0.4, 0.5) is 19.0 Å². The van der Waals surface area contributed by atoms with Crippen molar-refractivity contribution in [3.8, 4) is 0 Å². The fourth-order valence-electron chi connectivity index (χ4n) is 5.25. The Morgan fingerprint density at radius 3 is 2.59 bits per heavy atom. The zero-order valence-corrected chi connectivity index (χ0v) is 22.3. The summed E-state index contributed by atoms with van der Waals surface area (Å²) in [6.45, 7) is 6.30. The number of rotatable bonds is 6. The van der Waals surface area contributed by atoms with Crippen molar-refractivity contribution in [1.29, 1.82) is 0 Å². The van der Waals surface area contributed by atoms with E-state index in [4.69, 9.17) is 21.3 Å². The number of carbonyl (C=O) groups is 1. The van der Waals surface area contributed by atoms with Gasteiger partial charge in [-0.3, -0.25) is 9.69 Å². The van der Waals surface area contributed by atoms with Crippen molar-refractivity contribution in [2.75, 3.05) is 50.8 Å². The van der Waals surface area contributed by atoms with Gasteiger partial charge in [0.2, 0.25) is 5.82 Å². The van der Waals surface area contributed by atoms with Crippen LogP contribution < -0.4 is 10.2 Å². The lowest BCUT2D eigenvalue weighted by atomic mass is 10.0. The number of ether oxygens (including phenoxy) is 1. The highest BCUT2D eigenvalue weighted by molar-refractivity contribution is 6.35. The molecule has 2 aromatic heterocycles. The second-order valence-electron chi connectivity index (χ2n) is 10.1. The number of pyridine rings is 1. The van der Waals surface area contributed by atoms with Crippen LogP contribution in [0.2, 0.25) is 5.02 Å². The summed E-state index contributed by atoms with van der Waals surface area (Å²) in [5.41, 5.74) is 1.45. The summed E-state index contributed by atoms with van der Waals surface area (Å²) in [5.74, 6) is -0.128. The Morgan fingerprint density at radius 1 is 1.15 bits per heavy atom. The number of nitrogens with one attached hydrogen (secondary N) is 1. The summed E-state index contributed by atoms with van der Waals surface area (Å²) in [6, 6.07) is 6.82. The van der Waals surface area contributed by atoms with Gasteiger partial charge in [0.1, 0.15) is 5.82 Å². The Morgan fingerprint density at radius 2 is 1.90 bits per heavy atom. The number of carbonyl (C=O) groups excluding carboxylic acids is 1. The average molecular weight is 563 g/mol. The molecule has 1 aromatic carbocycles. The predicted molar refractivity (Wildman–Crippen MR) is 142 cm³/mol. The van der Waals surface area contributed by atoms with Gasteiger partial charge in [0.15, 0.2) is 0 Å².